The Bertz CT molecular complexity index is 1520. The molecule has 0 atom stereocenters. The summed E-state index contributed by atoms with van der Waals surface area (Å²) in [5, 5.41) is 24.0. The first-order chi connectivity index (χ1) is 28.8. The number of hydrogen-bond donors (Lipinski definition) is 4. The van der Waals surface area contributed by atoms with Crippen LogP contribution in [0.1, 0.15) is 175 Å². The van der Waals surface area contributed by atoms with Crippen molar-refractivity contribution < 1.29 is 127 Å². The molecule has 4 N–H and O–H groups in total. The molecule has 0 aliphatic carbocycles. The van der Waals surface area contributed by atoms with E-state index in [1.54, 1.807) is 13.8 Å². The molecule has 0 saturated heterocycles. The van der Waals surface area contributed by atoms with Gasteiger partial charge in [0.25, 0.3) is 0 Å². The second-order valence-electron chi connectivity index (χ2n) is 20.7. The molecule has 10 heteroatoms. The van der Waals surface area contributed by atoms with Crippen molar-refractivity contribution in [1.82, 2.24) is 10.6 Å². The van der Waals surface area contributed by atoms with E-state index in [1.165, 1.54) is 134 Å². The summed E-state index contributed by atoms with van der Waals surface area (Å²) in [6.45, 7) is 64.7. The minimum Gasteiger partial charge on any atom is -0.394 e. The Morgan fingerprint density at radius 3 is 0.341 bits per heavy atom. The molecule has 0 amide bonds. The van der Waals surface area contributed by atoms with E-state index in [0.717, 1.165) is 0 Å². The molecular weight excluding hydrogens is 1530 g/mol. The van der Waals surface area contributed by atoms with E-state index in [4.69, 9.17) is 5.11 Å². The average molecular weight is 1670 g/mol. The molecule has 0 spiro atoms. The van der Waals surface area contributed by atoms with E-state index in [-0.39, 0.29) is 224 Å². The SMILES string of the molecule is CNC(C)(C)C(C)(C)O.CNC(C)(C)CO.Cc1c(C)c(C)c(C)c(C)c1C.Cc1c(C)c(C)c(C)c(C)c1C.Cc1c(C)c(C)c(C)c(C)c1C.Cc1c(C)c(C)c(C)c(C)c1C.[CH3-].[CH3-].[CH3-].[CH3-].[CH3-].[CH3-].[CH3-].[CH3-].[CH3-].[CH3-].[CH3-].[CH3-].[Ru+3].[Ru+3].[Ru+3].[Ru+3].[Ru+].[Ru+]. The maximum absolute atomic E-state index is 9.48. The van der Waals surface area contributed by atoms with Gasteiger partial charge in [0.05, 0.1) is 12.2 Å². The van der Waals surface area contributed by atoms with Gasteiger partial charge in [0.1, 0.15) is 0 Å². The minimum atomic E-state index is -0.665. The average Bonchev–Trinajstić information content (AvgIpc) is 3.26. The molecule has 0 heterocycles. The van der Waals surface area contributed by atoms with Crippen molar-refractivity contribution in [3.63, 3.8) is 0 Å². The normalized spacial score (nSPS) is 8.71. The summed E-state index contributed by atoms with van der Waals surface area (Å²) in [5.41, 5.74) is 33.9. The first-order valence-corrected chi connectivity index (χ1v) is 23.6. The number of nitrogens with one attached hydrogen (secondary N) is 2. The van der Waals surface area contributed by atoms with Gasteiger partial charge in [-0.05, 0) is 355 Å². The molecule has 0 unspecified atom stereocenters. The van der Waals surface area contributed by atoms with Gasteiger partial charge in [-0.1, -0.05) is 0 Å². The predicted octanol–water partition coefficient (Wildman–Crippen LogP) is 20.3. The molecule has 0 bridgehead atoms. The van der Waals surface area contributed by atoms with Gasteiger partial charge in [-0.3, -0.25) is 0 Å². The fraction of sp³-hybridized carbons (Fsp3) is 0.500. The molecule has 6 radical (unpaired) electrons. The van der Waals surface area contributed by atoms with Crippen LogP contribution >= 0.6 is 0 Å². The van der Waals surface area contributed by atoms with Crippen molar-refractivity contribution in [3.05, 3.63) is 223 Å². The van der Waals surface area contributed by atoms with E-state index in [0.29, 0.717) is 0 Å². The number of aliphatic hydroxyl groups is 2. The third-order valence-electron chi connectivity index (χ3n) is 16.7. The summed E-state index contributed by atoms with van der Waals surface area (Å²) in [7, 11) is 3.67. The molecule has 82 heavy (non-hydrogen) atoms. The van der Waals surface area contributed by atoms with Crippen LogP contribution in [0, 0.1) is 255 Å². The molecule has 4 nitrogen and oxygen atoms in total. The minimum absolute atomic E-state index is 0. The maximum atomic E-state index is 9.48. The zero-order valence-electron chi connectivity index (χ0n) is 62.2. The molecule has 0 aliphatic rings. The van der Waals surface area contributed by atoms with Crippen molar-refractivity contribution in [3.8, 4) is 0 Å². The first-order valence-electron chi connectivity index (χ1n) is 23.6. The van der Waals surface area contributed by atoms with E-state index in [9.17, 15) is 5.11 Å². The van der Waals surface area contributed by atoms with Gasteiger partial charge in [-0.2, -0.15) is 0 Å². The molecule has 0 fully saturated rings. The van der Waals surface area contributed by atoms with Crippen molar-refractivity contribution in [2.75, 3.05) is 20.7 Å². The molecule has 0 aliphatic heterocycles. The van der Waals surface area contributed by atoms with Gasteiger partial charge >= 0.3 is 117 Å². The Morgan fingerprint density at radius 2 is 0.329 bits per heavy atom. The van der Waals surface area contributed by atoms with Crippen molar-refractivity contribution in [2.24, 2.45) is 0 Å². The fourth-order valence-corrected chi connectivity index (χ4v) is 7.13. The number of hydrogen-bond acceptors (Lipinski definition) is 4. The van der Waals surface area contributed by atoms with Crippen LogP contribution in [0.2, 0.25) is 0 Å². The largest absolute Gasteiger partial charge is 3.00 e. The summed E-state index contributed by atoms with van der Waals surface area (Å²) in [4.78, 5) is 0. The van der Waals surface area contributed by atoms with Crippen LogP contribution in [0.15, 0.2) is 0 Å². The maximum Gasteiger partial charge on any atom is 3.00 e. The van der Waals surface area contributed by atoms with Gasteiger partial charge in [-0.15, -0.1) is 0 Å². The van der Waals surface area contributed by atoms with Crippen LogP contribution in [-0.2, 0) is 117 Å². The fourth-order valence-electron chi connectivity index (χ4n) is 7.13. The Balaban J connectivity index is -0.0000000301. The van der Waals surface area contributed by atoms with Crippen LogP contribution in [0.4, 0.5) is 0 Å². The van der Waals surface area contributed by atoms with Crippen LogP contribution in [0.3, 0.4) is 0 Å². The summed E-state index contributed by atoms with van der Waals surface area (Å²) < 4.78 is 0. The standard InChI is InChI=1S/4C12H18.C7H17NO.C5H13NO.12CH3.6Ru/c4*1-7-8(2)10(4)12(6)11(5)9(7)3;1-6(2,8-5)7(3,4)9;1-5(2,4-7)6-3;;;;;;;;;;;;;;;;;;/h4*1-6H3;8-9H,1-5H3;6-7H,4H2,1-3H3;12*1H3;;;;;;/q;;;;;;12*-1;2*+1;4*+3. The number of aliphatic hydroxyl groups excluding tert-OH is 1. The van der Waals surface area contributed by atoms with Crippen molar-refractivity contribution in [1.29, 1.82) is 0 Å². The van der Waals surface area contributed by atoms with E-state index in [2.05, 4.69) is 177 Å². The molecule has 494 valence electrons. The Kier molecular flexibility index (Phi) is 103. The quantitative estimate of drug-likeness (QED) is 0.121. The summed E-state index contributed by atoms with van der Waals surface area (Å²) >= 11 is 0. The van der Waals surface area contributed by atoms with E-state index < -0.39 is 5.60 Å². The predicted molar refractivity (Wildman–Crippen MR) is 366 cm³/mol. The monoisotopic (exact) mass is 1670 g/mol. The van der Waals surface area contributed by atoms with Crippen molar-refractivity contribution in [2.45, 2.75) is 224 Å². The van der Waals surface area contributed by atoms with Gasteiger partial charge in [0.15, 0.2) is 0 Å². The summed E-state index contributed by atoms with van der Waals surface area (Å²) in [6, 6.07) is 0. The molecule has 4 aromatic rings. The molecular formula is C72H138N2O2Ru6+2. The van der Waals surface area contributed by atoms with Gasteiger partial charge in [0.2, 0.25) is 0 Å². The summed E-state index contributed by atoms with van der Waals surface area (Å²) in [5.74, 6) is 0. The first kappa shape index (κ1) is 140. The Labute approximate surface area is 599 Å². The van der Waals surface area contributed by atoms with Crippen LogP contribution in [0.25, 0.3) is 0 Å². The van der Waals surface area contributed by atoms with Crippen LogP contribution < -0.4 is 10.6 Å². The van der Waals surface area contributed by atoms with Gasteiger partial charge in [0, 0.05) is 11.1 Å². The molecule has 4 rings (SSSR count). The number of likely N-dealkylation sites (N-methyl/N-ethyl adjacent to an activating group) is 2. The van der Waals surface area contributed by atoms with Crippen molar-refractivity contribution >= 4 is 0 Å². The molecule has 0 aromatic heterocycles. The second kappa shape index (κ2) is 60.4. The Hall–Kier alpha value is 0.460. The van der Waals surface area contributed by atoms with E-state index >= 15 is 0 Å². The zero-order chi connectivity index (χ0) is 51.5. The second-order valence-corrected chi connectivity index (χ2v) is 20.7. The van der Waals surface area contributed by atoms with Crippen LogP contribution in [-0.4, -0.2) is 47.6 Å². The van der Waals surface area contributed by atoms with Gasteiger partial charge < -0.3 is 110 Å². The molecule has 0 saturated carbocycles. The smallest absolute Gasteiger partial charge is 0.394 e. The number of benzene rings is 4. The number of rotatable bonds is 4. The topological polar surface area (TPSA) is 64.5 Å². The summed E-state index contributed by atoms with van der Waals surface area (Å²) in [6.07, 6.45) is 0. The Morgan fingerprint density at radius 1 is 0.244 bits per heavy atom. The van der Waals surface area contributed by atoms with Crippen LogP contribution in [0.5, 0.6) is 0 Å². The third-order valence-corrected chi connectivity index (χ3v) is 16.7. The van der Waals surface area contributed by atoms with E-state index in [1.807, 2.05) is 41.8 Å². The third kappa shape index (κ3) is 38.8. The molecule has 4 aromatic carbocycles. The zero-order valence-corrected chi connectivity index (χ0v) is 72.7. The van der Waals surface area contributed by atoms with Gasteiger partial charge in [-0.25, -0.2) is 0 Å².